The van der Waals surface area contributed by atoms with E-state index in [0.29, 0.717) is 31.7 Å². The molecule has 1 N–H and O–H groups in total. The van der Waals surface area contributed by atoms with E-state index in [4.69, 9.17) is 0 Å². The largest absolute Gasteiger partial charge is 0.351 e. The van der Waals surface area contributed by atoms with Gasteiger partial charge in [0.1, 0.15) is 0 Å². The standard InChI is InChI=1S/C14H18N2O2S/c17-13(6-7-19)15-12-8-14(18)16(10-12)9-11-4-2-1-3-5-11/h1-5,12,19H,6-10H2,(H,15,17). The number of rotatable bonds is 5. The van der Waals surface area contributed by atoms with Crippen molar-refractivity contribution < 1.29 is 9.59 Å². The molecule has 1 heterocycles. The van der Waals surface area contributed by atoms with Crippen LogP contribution in [0.15, 0.2) is 30.3 Å². The molecule has 1 aromatic carbocycles. The maximum atomic E-state index is 11.9. The van der Waals surface area contributed by atoms with Crippen LogP contribution in [0.2, 0.25) is 0 Å². The van der Waals surface area contributed by atoms with Gasteiger partial charge in [-0.3, -0.25) is 9.59 Å². The van der Waals surface area contributed by atoms with Crippen LogP contribution in [0.25, 0.3) is 0 Å². The summed E-state index contributed by atoms with van der Waals surface area (Å²) in [5.41, 5.74) is 1.11. The van der Waals surface area contributed by atoms with Crippen LogP contribution < -0.4 is 5.32 Å². The molecule has 2 rings (SSSR count). The van der Waals surface area contributed by atoms with E-state index in [0.717, 1.165) is 5.56 Å². The van der Waals surface area contributed by atoms with Gasteiger partial charge in [0.25, 0.3) is 0 Å². The number of nitrogens with one attached hydrogen (secondary N) is 1. The van der Waals surface area contributed by atoms with Gasteiger partial charge < -0.3 is 10.2 Å². The fourth-order valence-corrected chi connectivity index (χ4v) is 2.43. The number of amides is 2. The van der Waals surface area contributed by atoms with Gasteiger partial charge >= 0.3 is 0 Å². The molecule has 5 heteroatoms. The Hall–Kier alpha value is -1.49. The van der Waals surface area contributed by atoms with Crippen LogP contribution in [-0.2, 0) is 16.1 Å². The Morgan fingerprint density at radius 1 is 1.37 bits per heavy atom. The molecular formula is C14H18N2O2S. The summed E-state index contributed by atoms with van der Waals surface area (Å²) in [6.07, 6.45) is 0.789. The van der Waals surface area contributed by atoms with Crippen molar-refractivity contribution in [2.24, 2.45) is 0 Å². The van der Waals surface area contributed by atoms with E-state index < -0.39 is 0 Å². The third kappa shape index (κ3) is 3.99. The second-order valence-electron chi connectivity index (χ2n) is 4.70. The van der Waals surface area contributed by atoms with E-state index >= 15 is 0 Å². The number of nitrogens with zero attached hydrogens (tertiary/aromatic N) is 1. The molecular weight excluding hydrogens is 260 g/mol. The Balaban J connectivity index is 1.87. The number of carbonyl (C=O) groups is 2. The van der Waals surface area contributed by atoms with Gasteiger partial charge in [-0.2, -0.15) is 12.6 Å². The molecule has 0 aliphatic carbocycles. The Kier molecular flexibility index (Phi) is 4.85. The van der Waals surface area contributed by atoms with Gasteiger partial charge in [-0.15, -0.1) is 0 Å². The number of thiol groups is 1. The Labute approximate surface area is 118 Å². The molecule has 1 unspecified atom stereocenters. The molecule has 0 aromatic heterocycles. The number of hydrogen-bond acceptors (Lipinski definition) is 3. The third-order valence-corrected chi connectivity index (χ3v) is 3.36. The Morgan fingerprint density at radius 3 is 2.79 bits per heavy atom. The van der Waals surface area contributed by atoms with Crippen molar-refractivity contribution in [2.75, 3.05) is 12.3 Å². The van der Waals surface area contributed by atoms with Crippen molar-refractivity contribution in [3.05, 3.63) is 35.9 Å². The molecule has 102 valence electrons. The molecule has 1 atom stereocenters. The lowest BCUT2D eigenvalue weighted by atomic mass is 10.2. The summed E-state index contributed by atoms with van der Waals surface area (Å²) in [6.45, 7) is 1.20. The molecule has 1 aliphatic heterocycles. The Morgan fingerprint density at radius 2 is 2.11 bits per heavy atom. The predicted molar refractivity (Wildman–Crippen MR) is 76.9 cm³/mol. The molecule has 4 nitrogen and oxygen atoms in total. The first kappa shape index (κ1) is 13.9. The van der Waals surface area contributed by atoms with E-state index in [2.05, 4.69) is 17.9 Å². The zero-order chi connectivity index (χ0) is 13.7. The second kappa shape index (κ2) is 6.61. The quantitative estimate of drug-likeness (QED) is 0.796. The lowest BCUT2D eigenvalue weighted by Crippen LogP contribution is -2.37. The van der Waals surface area contributed by atoms with Crippen LogP contribution in [-0.4, -0.2) is 35.1 Å². The number of hydrogen-bond donors (Lipinski definition) is 2. The van der Waals surface area contributed by atoms with E-state index in [9.17, 15) is 9.59 Å². The summed E-state index contributed by atoms with van der Waals surface area (Å²) in [7, 11) is 0. The summed E-state index contributed by atoms with van der Waals surface area (Å²) in [6, 6.07) is 9.81. The molecule has 1 saturated heterocycles. The van der Waals surface area contributed by atoms with Crippen LogP contribution >= 0.6 is 12.6 Å². The SMILES string of the molecule is O=C(CCS)NC1CC(=O)N(Cc2ccccc2)C1. The summed E-state index contributed by atoms with van der Waals surface area (Å²) >= 11 is 4.02. The van der Waals surface area contributed by atoms with Crippen LogP contribution in [0.5, 0.6) is 0 Å². The minimum Gasteiger partial charge on any atom is -0.351 e. The molecule has 0 bridgehead atoms. The maximum Gasteiger partial charge on any atom is 0.225 e. The third-order valence-electron chi connectivity index (χ3n) is 3.13. The van der Waals surface area contributed by atoms with Crippen LogP contribution in [0, 0.1) is 0 Å². The van der Waals surface area contributed by atoms with Crippen LogP contribution in [0.3, 0.4) is 0 Å². The van der Waals surface area contributed by atoms with Gasteiger partial charge in [-0.1, -0.05) is 30.3 Å². The Bertz CT molecular complexity index is 450. The van der Waals surface area contributed by atoms with E-state index in [-0.39, 0.29) is 17.9 Å². The highest BCUT2D eigenvalue weighted by molar-refractivity contribution is 7.80. The van der Waals surface area contributed by atoms with Gasteiger partial charge in [0.05, 0.1) is 6.04 Å². The van der Waals surface area contributed by atoms with Gasteiger partial charge in [-0.05, 0) is 11.3 Å². The van der Waals surface area contributed by atoms with E-state index in [1.54, 1.807) is 4.90 Å². The first-order valence-corrected chi connectivity index (χ1v) is 7.04. The molecule has 0 radical (unpaired) electrons. The molecule has 0 saturated carbocycles. The fraction of sp³-hybridized carbons (Fsp3) is 0.429. The molecule has 1 fully saturated rings. The van der Waals surface area contributed by atoms with Crippen LogP contribution in [0.4, 0.5) is 0 Å². The highest BCUT2D eigenvalue weighted by atomic mass is 32.1. The predicted octanol–water partition coefficient (Wildman–Crippen LogP) is 1.22. The molecule has 0 spiro atoms. The topological polar surface area (TPSA) is 49.4 Å². The minimum absolute atomic E-state index is 0.0330. The molecule has 1 aromatic rings. The van der Waals surface area contributed by atoms with Gasteiger partial charge in [0.15, 0.2) is 0 Å². The number of likely N-dealkylation sites (tertiary alicyclic amines) is 1. The van der Waals surface area contributed by atoms with E-state index in [1.807, 2.05) is 30.3 Å². The smallest absolute Gasteiger partial charge is 0.225 e. The average Bonchev–Trinajstić information content (AvgIpc) is 2.71. The highest BCUT2D eigenvalue weighted by Crippen LogP contribution is 2.15. The highest BCUT2D eigenvalue weighted by Gasteiger charge is 2.30. The fourth-order valence-electron chi connectivity index (χ4n) is 2.23. The van der Waals surface area contributed by atoms with E-state index in [1.165, 1.54) is 0 Å². The number of benzene rings is 1. The number of carbonyl (C=O) groups excluding carboxylic acids is 2. The summed E-state index contributed by atoms with van der Waals surface area (Å²) < 4.78 is 0. The van der Waals surface area contributed by atoms with Crippen molar-refractivity contribution in [3.63, 3.8) is 0 Å². The van der Waals surface area contributed by atoms with Crippen molar-refractivity contribution in [1.29, 1.82) is 0 Å². The lowest BCUT2D eigenvalue weighted by molar-refractivity contribution is -0.128. The van der Waals surface area contributed by atoms with Crippen molar-refractivity contribution in [1.82, 2.24) is 10.2 Å². The monoisotopic (exact) mass is 278 g/mol. The molecule has 1 aliphatic rings. The minimum atomic E-state index is -0.0661. The summed E-state index contributed by atoms with van der Waals surface area (Å²) in [5, 5.41) is 2.88. The zero-order valence-corrected chi connectivity index (χ0v) is 11.6. The van der Waals surface area contributed by atoms with Crippen molar-refractivity contribution >= 4 is 24.4 Å². The van der Waals surface area contributed by atoms with Gasteiger partial charge in [0.2, 0.25) is 11.8 Å². The molecule has 2 amide bonds. The summed E-state index contributed by atoms with van der Waals surface area (Å²) in [4.78, 5) is 25.2. The second-order valence-corrected chi connectivity index (χ2v) is 5.15. The van der Waals surface area contributed by atoms with Crippen molar-refractivity contribution in [3.8, 4) is 0 Å². The zero-order valence-electron chi connectivity index (χ0n) is 10.7. The first-order valence-electron chi connectivity index (χ1n) is 6.41. The maximum absolute atomic E-state index is 11.9. The van der Waals surface area contributed by atoms with Gasteiger partial charge in [0, 0.05) is 25.9 Å². The van der Waals surface area contributed by atoms with Gasteiger partial charge in [-0.25, -0.2) is 0 Å². The van der Waals surface area contributed by atoms with Crippen molar-refractivity contribution in [2.45, 2.75) is 25.4 Å². The average molecular weight is 278 g/mol. The lowest BCUT2D eigenvalue weighted by Gasteiger charge is -2.17. The van der Waals surface area contributed by atoms with Crippen LogP contribution in [0.1, 0.15) is 18.4 Å². The first-order chi connectivity index (χ1) is 9.19. The normalized spacial score (nSPS) is 18.7. The molecule has 19 heavy (non-hydrogen) atoms. The summed E-state index contributed by atoms with van der Waals surface area (Å²) in [5.74, 6) is 0.592.